The Labute approximate surface area is 96.9 Å². The first-order valence-electron chi connectivity index (χ1n) is 5.79. The van der Waals surface area contributed by atoms with Gasteiger partial charge in [-0.2, -0.15) is 5.26 Å². The van der Waals surface area contributed by atoms with Crippen molar-refractivity contribution < 1.29 is 4.74 Å². The van der Waals surface area contributed by atoms with E-state index in [2.05, 4.69) is 19.9 Å². The van der Waals surface area contributed by atoms with E-state index >= 15 is 0 Å². The highest BCUT2D eigenvalue weighted by molar-refractivity contribution is 5.51. The second kappa shape index (κ2) is 4.17. The Balaban J connectivity index is 2.59. The van der Waals surface area contributed by atoms with E-state index in [9.17, 15) is 0 Å². The van der Waals surface area contributed by atoms with Crippen molar-refractivity contribution in [3.8, 4) is 11.8 Å². The number of rotatable bonds is 1. The van der Waals surface area contributed by atoms with Gasteiger partial charge in [0.2, 0.25) is 0 Å². The molecule has 0 aromatic heterocycles. The van der Waals surface area contributed by atoms with Crippen LogP contribution in [0.5, 0.6) is 5.75 Å². The monoisotopic (exact) mass is 215 g/mol. The van der Waals surface area contributed by atoms with Crippen LogP contribution in [0, 0.1) is 11.3 Å². The number of hydrogen-bond acceptors (Lipinski definition) is 2. The van der Waals surface area contributed by atoms with Crippen molar-refractivity contribution in [3.05, 3.63) is 28.8 Å². The van der Waals surface area contributed by atoms with E-state index in [0.29, 0.717) is 23.1 Å². The zero-order chi connectivity index (χ0) is 11.7. The molecule has 0 radical (unpaired) electrons. The molecule has 2 unspecified atom stereocenters. The van der Waals surface area contributed by atoms with Crippen molar-refractivity contribution in [1.82, 2.24) is 0 Å². The summed E-state index contributed by atoms with van der Waals surface area (Å²) in [5, 5.41) is 9.07. The first-order valence-corrected chi connectivity index (χ1v) is 5.79. The van der Waals surface area contributed by atoms with Crippen LogP contribution in [0.25, 0.3) is 0 Å². The Morgan fingerprint density at radius 1 is 1.19 bits per heavy atom. The Hall–Kier alpha value is -1.49. The lowest BCUT2D eigenvalue weighted by Crippen LogP contribution is -2.11. The minimum atomic E-state index is 0.559. The lowest BCUT2D eigenvalue weighted by molar-refractivity contribution is 0.410. The van der Waals surface area contributed by atoms with E-state index in [1.165, 1.54) is 24.0 Å². The molecule has 0 fully saturated rings. The molecule has 0 amide bonds. The molecule has 0 spiro atoms. The topological polar surface area (TPSA) is 33.0 Å². The van der Waals surface area contributed by atoms with Crippen LogP contribution in [-0.2, 0) is 0 Å². The van der Waals surface area contributed by atoms with Crippen LogP contribution in [-0.4, -0.2) is 7.11 Å². The number of fused-ring (bicyclic) bond motifs is 1. The fourth-order valence-corrected chi connectivity index (χ4v) is 2.53. The van der Waals surface area contributed by atoms with Crippen molar-refractivity contribution in [3.63, 3.8) is 0 Å². The number of methoxy groups -OCH3 is 1. The first-order chi connectivity index (χ1) is 7.67. The van der Waals surface area contributed by atoms with Crippen LogP contribution < -0.4 is 4.74 Å². The number of nitrogens with zero attached hydrogens (tertiary/aromatic N) is 1. The summed E-state index contributed by atoms with van der Waals surface area (Å²) in [5.41, 5.74) is 3.34. The molecule has 2 nitrogen and oxygen atoms in total. The number of ether oxygens (including phenoxy) is 1. The van der Waals surface area contributed by atoms with Gasteiger partial charge in [0.1, 0.15) is 11.8 Å². The molecule has 1 aliphatic carbocycles. The van der Waals surface area contributed by atoms with Gasteiger partial charge in [-0.15, -0.1) is 0 Å². The van der Waals surface area contributed by atoms with Crippen molar-refractivity contribution in [2.24, 2.45) is 0 Å². The molecule has 1 aromatic carbocycles. The maximum absolute atomic E-state index is 9.07. The van der Waals surface area contributed by atoms with Crippen LogP contribution in [0.1, 0.15) is 55.2 Å². The molecular formula is C14H17NO. The molecule has 0 N–H and O–H groups in total. The number of hydrogen-bond donors (Lipinski definition) is 0. The number of nitriles is 1. The maximum Gasteiger partial charge on any atom is 0.136 e. The zero-order valence-corrected chi connectivity index (χ0v) is 10.1. The number of benzene rings is 1. The first kappa shape index (κ1) is 11.0. The van der Waals surface area contributed by atoms with E-state index in [1.807, 2.05) is 12.1 Å². The van der Waals surface area contributed by atoms with Gasteiger partial charge >= 0.3 is 0 Å². The van der Waals surface area contributed by atoms with Crippen LogP contribution in [0.3, 0.4) is 0 Å². The third kappa shape index (κ3) is 1.67. The van der Waals surface area contributed by atoms with Gasteiger partial charge in [0.25, 0.3) is 0 Å². The van der Waals surface area contributed by atoms with Gasteiger partial charge in [0.15, 0.2) is 0 Å². The molecule has 1 aliphatic rings. The fraction of sp³-hybridized carbons (Fsp3) is 0.500. The molecule has 16 heavy (non-hydrogen) atoms. The molecule has 0 aliphatic heterocycles. The minimum Gasteiger partial charge on any atom is -0.495 e. The van der Waals surface area contributed by atoms with Crippen molar-refractivity contribution in [2.75, 3.05) is 7.11 Å². The van der Waals surface area contributed by atoms with Gasteiger partial charge in [-0.3, -0.25) is 0 Å². The van der Waals surface area contributed by atoms with Crippen LogP contribution in [0.15, 0.2) is 12.1 Å². The van der Waals surface area contributed by atoms with E-state index in [4.69, 9.17) is 10.00 Å². The molecule has 1 aromatic rings. The predicted molar refractivity (Wildman–Crippen MR) is 63.8 cm³/mol. The highest BCUT2D eigenvalue weighted by Gasteiger charge is 2.23. The van der Waals surface area contributed by atoms with Crippen molar-refractivity contribution >= 4 is 0 Å². The molecule has 0 bridgehead atoms. The zero-order valence-electron chi connectivity index (χ0n) is 10.1. The molecule has 0 saturated heterocycles. The van der Waals surface area contributed by atoms with Gasteiger partial charge in [-0.05, 0) is 47.9 Å². The summed E-state index contributed by atoms with van der Waals surface area (Å²) < 4.78 is 5.26. The third-order valence-corrected chi connectivity index (χ3v) is 3.62. The Bertz CT molecular complexity index is 445. The summed E-state index contributed by atoms with van der Waals surface area (Å²) in [6, 6.07) is 6.27. The van der Waals surface area contributed by atoms with Crippen LogP contribution >= 0.6 is 0 Å². The second-order valence-corrected chi connectivity index (χ2v) is 4.67. The van der Waals surface area contributed by atoms with E-state index in [1.54, 1.807) is 7.11 Å². The van der Waals surface area contributed by atoms with Crippen LogP contribution in [0.2, 0.25) is 0 Å². The third-order valence-electron chi connectivity index (χ3n) is 3.62. The normalized spacial score (nSPS) is 23.4. The molecular weight excluding hydrogens is 198 g/mol. The largest absolute Gasteiger partial charge is 0.495 e. The Kier molecular flexibility index (Phi) is 2.87. The minimum absolute atomic E-state index is 0.559. The summed E-state index contributed by atoms with van der Waals surface area (Å²) in [6.45, 7) is 4.48. The summed E-state index contributed by atoms with van der Waals surface area (Å²) in [6.07, 6.45) is 2.44. The quantitative estimate of drug-likeness (QED) is 0.717. The van der Waals surface area contributed by atoms with Gasteiger partial charge in [-0.1, -0.05) is 13.8 Å². The van der Waals surface area contributed by atoms with Crippen molar-refractivity contribution in [2.45, 2.75) is 38.5 Å². The summed E-state index contributed by atoms with van der Waals surface area (Å²) in [7, 11) is 1.62. The second-order valence-electron chi connectivity index (χ2n) is 4.67. The molecule has 2 heteroatoms. The van der Waals surface area contributed by atoms with Gasteiger partial charge in [-0.25, -0.2) is 0 Å². The standard InChI is InChI=1S/C14H17NO/c1-9-4-5-10(2)13-7-14(16-3)11(8-15)6-12(9)13/h6-7,9-10H,4-5H2,1-3H3. The molecule has 0 heterocycles. The lowest BCUT2D eigenvalue weighted by Gasteiger charge is -2.28. The smallest absolute Gasteiger partial charge is 0.136 e. The van der Waals surface area contributed by atoms with Crippen molar-refractivity contribution in [1.29, 1.82) is 5.26 Å². The van der Waals surface area contributed by atoms with E-state index in [0.717, 1.165) is 0 Å². The molecule has 0 saturated carbocycles. The fourth-order valence-electron chi connectivity index (χ4n) is 2.53. The average molecular weight is 215 g/mol. The van der Waals surface area contributed by atoms with Crippen LogP contribution in [0.4, 0.5) is 0 Å². The highest BCUT2D eigenvalue weighted by Crippen LogP contribution is 2.41. The lowest BCUT2D eigenvalue weighted by atomic mass is 9.77. The predicted octanol–water partition coefficient (Wildman–Crippen LogP) is 3.57. The summed E-state index contributed by atoms with van der Waals surface area (Å²) in [4.78, 5) is 0. The molecule has 2 rings (SSSR count). The Morgan fingerprint density at radius 2 is 1.75 bits per heavy atom. The molecule has 84 valence electrons. The Morgan fingerprint density at radius 3 is 2.25 bits per heavy atom. The van der Waals surface area contributed by atoms with E-state index in [-0.39, 0.29) is 0 Å². The van der Waals surface area contributed by atoms with Gasteiger partial charge in [0, 0.05) is 0 Å². The van der Waals surface area contributed by atoms with Gasteiger partial charge in [0.05, 0.1) is 12.7 Å². The van der Waals surface area contributed by atoms with Gasteiger partial charge < -0.3 is 4.74 Å². The average Bonchev–Trinajstić information content (AvgIpc) is 2.32. The maximum atomic E-state index is 9.07. The highest BCUT2D eigenvalue weighted by atomic mass is 16.5. The summed E-state index contributed by atoms with van der Waals surface area (Å²) in [5.74, 6) is 1.85. The molecule has 2 atom stereocenters. The summed E-state index contributed by atoms with van der Waals surface area (Å²) >= 11 is 0. The SMILES string of the molecule is COc1cc2c(cc1C#N)C(C)CCC2C. The van der Waals surface area contributed by atoms with E-state index < -0.39 is 0 Å².